The Morgan fingerprint density at radius 1 is 1.00 bits per heavy atom. The van der Waals surface area contributed by atoms with Gasteiger partial charge in [0, 0.05) is 11.1 Å². The first kappa shape index (κ1) is 11.0. The van der Waals surface area contributed by atoms with Crippen LogP contribution in [0.4, 0.5) is 4.39 Å². The first-order valence-corrected chi connectivity index (χ1v) is 5.22. The number of nitrogens with zero attached hydrogens (tertiary/aromatic N) is 4. The molecule has 1 aliphatic carbocycles. The second-order valence-electron chi connectivity index (χ2n) is 3.86. The Balaban J connectivity index is 2.36. The van der Waals surface area contributed by atoms with E-state index >= 15 is 0 Å². The molecule has 6 heteroatoms. The molecule has 1 heterocycles. The van der Waals surface area contributed by atoms with E-state index in [0.717, 1.165) is 6.07 Å². The lowest BCUT2D eigenvalue weighted by Crippen LogP contribution is -2.04. The van der Waals surface area contributed by atoms with Gasteiger partial charge in [-0.05, 0) is 18.2 Å². The quantitative estimate of drug-likeness (QED) is 0.604. The van der Waals surface area contributed by atoms with Gasteiger partial charge in [0.25, 0.3) is 0 Å². The molecule has 0 atom stereocenters. The molecule has 0 N–H and O–H groups in total. The van der Waals surface area contributed by atoms with Crippen LogP contribution in [0.25, 0.3) is 11.3 Å². The standard InChI is InChI=1S/C13H3FN4O/c14-6-1-2-7-8(3-6)13(19)12-11(7)17-9(4-15)10(5-16)18-12/h1-3H. The van der Waals surface area contributed by atoms with Gasteiger partial charge in [-0.15, -0.1) is 0 Å². The molecule has 2 aromatic rings. The number of carbonyl (C=O) groups excluding carboxylic acids is 1. The Hall–Kier alpha value is -3.12. The summed E-state index contributed by atoms with van der Waals surface area (Å²) in [5.41, 5.74) is 0.421. The molecule has 0 bridgehead atoms. The minimum absolute atomic E-state index is 0.0175. The van der Waals surface area contributed by atoms with Gasteiger partial charge in [-0.2, -0.15) is 10.5 Å². The lowest BCUT2D eigenvalue weighted by Gasteiger charge is -1.99. The molecule has 0 amide bonds. The summed E-state index contributed by atoms with van der Waals surface area (Å²) in [5.74, 6) is -1.03. The van der Waals surface area contributed by atoms with Crippen molar-refractivity contribution in [3.63, 3.8) is 0 Å². The van der Waals surface area contributed by atoms with E-state index in [4.69, 9.17) is 10.5 Å². The summed E-state index contributed by atoms with van der Waals surface area (Å²) >= 11 is 0. The molecule has 0 radical (unpaired) electrons. The van der Waals surface area contributed by atoms with E-state index in [1.54, 1.807) is 12.1 Å². The predicted octanol–water partition coefficient (Wildman–Crippen LogP) is 1.57. The van der Waals surface area contributed by atoms with Crippen LogP contribution in [0.15, 0.2) is 18.2 Å². The summed E-state index contributed by atoms with van der Waals surface area (Å²) in [4.78, 5) is 19.9. The van der Waals surface area contributed by atoms with Crippen LogP contribution in [0.3, 0.4) is 0 Å². The van der Waals surface area contributed by atoms with Gasteiger partial charge in [-0.25, -0.2) is 14.4 Å². The third-order valence-corrected chi connectivity index (χ3v) is 2.80. The van der Waals surface area contributed by atoms with Crippen LogP contribution in [0.2, 0.25) is 0 Å². The van der Waals surface area contributed by atoms with Gasteiger partial charge >= 0.3 is 0 Å². The number of nitriles is 2. The van der Waals surface area contributed by atoms with E-state index in [9.17, 15) is 9.18 Å². The topological polar surface area (TPSA) is 90.4 Å². The lowest BCUT2D eigenvalue weighted by molar-refractivity contribution is 0.103. The number of hydrogen-bond acceptors (Lipinski definition) is 5. The monoisotopic (exact) mass is 250 g/mol. The van der Waals surface area contributed by atoms with E-state index in [1.165, 1.54) is 12.1 Å². The Bertz CT molecular complexity index is 830. The summed E-state index contributed by atoms with van der Waals surface area (Å²) in [6.07, 6.45) is 0. The molecule has 0 fully saturated rings. The molecular weight excluding hydrogens is 247 g/mol. The van der Waals surface area contributed by atoms with Gasteiger partial charge in [0.05, 0.1) is 0 Å². The maximum Gasteiger partial charge on any atom is 0.214 e. The largest absolute Gasteiger partial charge is 0.287 e. The van der Waals surface area contributed by atoms with Gasteiger partial charge in [0.15, 0.2) is 11.4 Å². The zero-order valence-electron chi connectivity index (χ0n) is 9.31. The number of aromatic nitrogens is 2. The minimum Gasteiger partial charge on any atom is -0.287 e. The summed E-state index contributed by atoms with van der Waals surface area (Å²) in [6, 6.07) is 7.18. The van der Waals surface area contributed by atoms with Crippen LogP contribution in [0, 0.1) is 28.5 Å². The molecule has 1 aliphatic rings. The summed E-state index contributed by atoms with van der Waals surface area (Å²) in [5, 5.41) is 17.7. The molecule has 1 aromatic carbocycles. The van der Waals surface area contributed by atoms with Gasteiger partial charge in [-0.3, -0.25) is 4.79 Å². The fourth-order valence-corrected chi connectivity index (χ4v) is 1.98. The van der Waals surface area contributed by atoms with Crippen LogP contribution >= 0.6 is 0 Å². The summed E-state index contributed by atoms with van der Waals surface area (Å²) in [6.45, 7) is 0. The first-order valence-electron chi connectivity index (χ1n) is 5.22. The molecule has 19 heavy (non-hydrogen) atoms. The van der Waals surface area contributed by atoms with E-state index in [1.807, 2.05) is 0 Å². The molecule has 0 saturated carbocycles. The molecule has 0 spiro atoms. The van der Waals surface area contributed by atoms with E-state index < -0.39 is 11.6 Å². The Labute approximate surface area is 106 Å². The maximum absolute atomic E-state index is 13.2. The molecule has 3 rings (SSSR count). The molecule has 0 saturated heterocycles. The van der Waals surface area contributed by atoms with Crippen molar-refractivity contribution in [2.45, 2.75) is 0 Å². The number of rotatable bonds is 0. The highest BCUT2D eigenvalue weighted by atomic mass is 19.1. The van der Waals surface area contributed by atoms with Crippen molar-refractivity contribution >= 4 is 5.78 Å². The number of benzene rings is 1. The number of fused-ring (bicyclic) bond motifs is 3. The van der Waals surface area contributed by atoms with E-state index in [0.29, 0.717) is 5.56 Å². The summed E-state index contributed by atoms with van der Waals surface area (Å²) in [7, 11) is 0. The highest BCUT2D eigenvalue weighted by Crippen LogP contribution is 2.34. The molecule has 5 nitrogen and oxygen atoms in total. The molecule has 0 unspecified atom stereocenters. The zero-order chi connectivity index (χ0) is 13.6. The van der Waals surface area contributed by atoms with Crippen LogP contribution in [0.1, 0.15) is 27.4 Å². The highest BCUT2D eigenvalue weighted by molar-refractivity contribution is 6.19. The number of hydrogen-bond donors (Lipinski definition) is 0. The Morgan fingerprint density at radius 2 is 1.63 bits per heavy atom. The van der Waals surface area contributed by atoms with Gasteiger partial charge in [0.2, 0.25) is 5.78 Å². The van der Waals surface area contributed by atoms with Crippen LogP contribution in [-0.2, 0) is 0 Å². The number of halogens is 1. The highest BCUT2D eigenvalue weighted by Gasteiger charge is 2.31. The minimum atomic E-state index is -0.541. The smallest absolute Gasteiger partial charge is 0.214 e. The average Bonchev–Trinajstić information content (AvgIpc) is 2.70. The third-order valence-electron chi connectivity index (χ3n) is 2.80. The Kier molecular flexibility index (Phi) is 2.13. The Morgan fingerprint density at radius 3 is 2.26 bits per heavy atom. The van der Waals surface area contributed by atoms with Crippen molar-refractivity contribution in [2.75, 3.05) is 0 Å². The van der Waals surface area contributed by atoms with Crippen LogP contribution in [0.5, 0.6) is 0 Å². The lowest BCUT2D eigenvalue weighted by atomic mass is 10.1. The zero-order valence-corrected chi connectivity index (χ0v) is 9.31. The molecule has 0 aliphatic heterocycles. The number of carbonyl (C=O) groups is 1. The van der Waals surface area contributed by atoms with Crippen molar-refractivity contribution in [3.05, 3.63) is 46.7 Å². The number of ketones is 1. The van der Waals surface area contributed by atoms with Crippen LogP contribution < -0.4 is 0 Å². The van der Waals surface area contributed by atoms with Gasteiger partial charge < -0.3 is 0 Å². The van der Waals surface area contributed by atoms with Gasteiger partial charge in [-0.1, -0.05) is 0 Å². The van der Waals surface area contributed by atoms with Crippen molar-refractivity contribution in [1.82, 2.24) is 9.97 Å². The maximum atomic E-state index is 13.2. The van der Waals surface area contributed by atoms with Crippen molar-refractivity contribution < 1.29 is 9.18 Å². The summed E-state index contributed by atoms with van der Waals surface area (Å²) < 4.78 is 13.2. The SMILES string of the molecule is N#Cc1nc2c(nc1C#N)-c1ccc(F)cc1C2=O. The average molecular weight is 250 g/mol. The fraction of sp³-hybridized carbons (Fsp3) is 0. The van der Waals surface area contributed by atoms with E-state index in [-0.39, 0.29) is 28.3 Å². The first-order chi connectivity index (χ1) is 9.15. The predicted molar refractivity (Wildman–Crippen MR) is 60.3 cm³/mol. The van der Waals surface area contributed by atoms with Crippen molar-refractivity contribution in [2.24, 2.45) is 0 Å². The van der Waals surface area contributed by atoms with Gasteiger partial charge in [0.1, 0.15) is 29.3 Å². The molecule has 1 aromatic heterocycles. The molecule has 88 valence electrons. The van der Waals surface area contributed by atoms with Crippen molar-refractivity contribution in [3.8, 4) is 23.4 Å². The third kappa shape index (κ3) is 1.41. The van der Waals surface area contributed by atoms with Crippen LogP contribution in [-0.4, -0.2) is 15.8 Å². The fourth-order valence-electron chi connectivity index (χ4n) is 1.98. The normalized spacial score (nSPS) is 11.4. The van der Waals surface area contributed by atoms with Crippen molar-refractivity contribution in [1.29, 1.82) is 10.5 Å². The second-order valence-corrected chi connectivity index (χ2v) is 3.86. The second kappa shape index (κ2) is 3.69. The van der Waals surface area contributed by atoms with E-state index in [2.05, 4.69) is 9.97 Å². The molecular formula is C13H3FN4O.